The molecule has 0 radical (unpaired) electrons. The Morgan fingerprint density at radius 1 is 0.867 bits per heavy atom. The van der Waals surface area contributed by atoms with Crippen LogP contribution in [0.1, 0.15) is 0 Å². The summed E-state index contributed by atoms with van der Waals surface area (Å²) in [5.74, 6) is 2.27. The van der Waals surface area contributed by atoms with Crippen molar-refractivity contribution in [2.45, 2.75) is 0 Å². The predicted octanol–water partition coefficient (Wildman–Crippen LogP) is 4.42. The van der Waals surface area contributed by atoms with Crippen LogP contribution >= 0.6 is 0 Å². The number of rotatable bonds is 7. The monoisotopic (exact) mass is 406 g/mol. The number of benzene rings is 2. The van der Waals surface area contributed by atoms with E-state index in [0.717, 1.165) is 66.4 Å². The number of anilines is 5. The van der Waals surface area contributed by atoms with Crippen LogP contribution in [0.5, 0.6) is 11.5 Å². The van der Waals surface area contributed by atoms with Gasteiger partial charge in [-0.3, -0.25) is 0 Å². The van der Waals surface area contributed by atoms with Crippen molar-refractivity contribution in [1.29, 1.82) is 0 Å². The van der Waals surface area contributed by atoms with Crippen molar-refractivity contribution in [1.82, 2.24) is 4.98 Å². The Morgan fingerprint density at radius 3 is 2.43 bits per heavy atom. The fourth-order valence-electron chi connectivity index (χ4n) is 3.42. The van der Waals surface area contributed by atoms with Crippen molar-refractivity contribution in [3.8, 4) is 11.5 Å². The van der Waals surface area contributed by atoms with Gasteiger partial charge in [0, 0.05) is 36.7 Å². The molecule has 1 aromatic heterocycles. The second-order valence-corrected chi connectivity index (χ2v) is 6.86. The number of nitrogens with zero attached hydrogens (tertiary/aromatic N) is 2. The summed E-state index contributed by atoms with van der Waals surface area (Å²) in [6, 6.07) is 17.8. The van der Waals surface area contributed by atoms with Crippen LogP contribution in [0.25, 0.3) is 0 Å². The van der Waals surface area contributed by atoms with Crippen LogP contribution < -0.4 is 25.0 Å². The first-order chi connectivity index (χ1) is 14.8. The maximum Gasteiger partial charge on any atom is 0.144 e. The van der Waals surface area contributed by atoms with Crippen LogP contribution in [0.4, 0.5) is 28.6 Å². The van der Waals surface area contributed by atoms with Crippen molar-refractivity contribution in [3.05, 3.63) is 60.8 Å². The van der Waals surface area contributed by atoms with Crippen LogP contribution in [0.15, 0.2) is 60.8 Å². The van der Waals surface area contributed by atoms with Crippen molar-refractivity contribution in [2.75, 3.05) is 56.1 Å². The lowest BCUT2D eigenvalue weighted by Crippen LogP contribution is -2.36. The number of pyridine rings is 1. The van der Waals surface area contributed by atoms with Crippen LogP contribution in [-0.4, -0.2) is 45.5 Å². The Hall–Kier alpha value is -3.45. The molecule has 2 N–H and O–H groups in total. The largest absolute Gasteiger partial charge is 0.495 e. The van der Waals surface area contributed by atoms with Crippen molar-refractivity contribution in [2.24, 2.45) is 0 Å². The van der Waals surface area contributed by atoms with Gasteiger partial charge in [0.05, 0.1) is 38.8 Å². The molecule has 1 saturated heterocycles. The molecule has 0 atom stereocenters. The molecular formula is C23H26N4O3. The molecule has 0 unspecified atom stereocenters. The van der Waals surface area contributed by atoms with E-state index in [1.165, 1.54) is 0 Å². The number of aromatic nitrogens is 1. The maximum absolute atomic E-state index is 5.65. The highest BCUT2D eigenvalue weighted by Crippen LogP contribution is 2.35. The average Bonchev–Trinajstić information content (AvgIpc) is 2.81. The highest BCUT2D eigenvalue weighted by molar-refractivity contribution is 5.75. The van der Waals surface area contributed by atoms with Crippen LogP contribution in [0.3, 0.4) is 0 Å². The lowest BCUT2D eigenvalue weighted by atomic mass is 10.2. The zero-order valence-electron chi connectivity index (χ0n) is 17.2. The van der Waals surface area contributed by atoms with Gasteiger partial charge in [0.2, 0.25) is 0 Å². The van der Waals surface area contributed by atoms with Gasteiger partial charge >= 0.3 is 0 Å². The molecule has 2 heterocycles. The van der Waals surface area contributed by atoms with Gasteiger partial charge < -0.3 is 29.7 Å². The molecule has 4 rings (SSSR count). The Bertz CT molecular complexity index is 975. The molecular weight excluding hydrogens is 380 g/mol. The summed E-state index contributed by atoms with van der Waals surface area (Å²) in [6.07, 6.45) is 1.75. The number of hydrogen-bond donors (Lipinski definition) is 2. The first-order valence-electron chi connectivity index (χ1n) is 9.90. The Morgan fingerprint density at radius 2 is 1.70 bits per heavy atom. The zero-order valence-corrected chi connectivity index (χ0v) is 17.2. The van der Waals surface area contributed by atoms with E-state index < -0.39 is 0 Å². The summed E-state index contributed by atoms with van der Waals surface area (Å²) in [4.78, 5) is 6.63. The van der Waals surface area contributed by atoms with E-state index in [1.807, 2.05) is 42.5 Å². The Balaban J connectivity index is 1.56. The molecule has 7 nitrogen and oxygen atoms in total. The third-order valence-electron chi connectivity index (χ3n) is 4.97. The first-order valence-corrected chi connectivity index (χ1v) is 9.90. The lowest BCUT2D eigenvalue weighted by molar-refractivity contribution is 0.122. The van der Waals surface area contributed by atoms with Gasteiger partial charge in [-0.2, -0.15) is 0 Å². The molecule has 0 spiro atoms. The summed E-state index contributed by atoms with van der Waals surface area (Å²) in [5, 5.41) is 6.75. The third-order valence-corrected chi connectivity index (χ3v) is 4.97. The maximum atomic E-state index is 5.65. The van der Waals surface area contributed by atoms with E-state index >= 15 is 0 Å². The van der Waals surface area contributed by atoms with E-state index in [0.29, 0.717) is 0 Å². The molecule has 0 bridgehead atoms. The molecule has 156 valence electrons. The second kappa shape index (κ2) is 9.37. The first kappa shape index (κ1) is 19.8. The van der Waals surface area contributed by atoms with Crippen molar-refractivity contribution in [3.63, 3.8) is 0 Å². The number of ether oxygens (including phenoxy) is 3. The summed E-state index contributed by atoms with van der Waals surface area (Å²) in [5.41, 5.74) is 3.76. The SMILES string of the molecule is COc1cc(N2CCOCC2)ccc1Nc1ccc(OC)c(Nc2ccccn2)c1. The molecule has 0 saturated carbocycles. The zero-order chi connectivity index (χ0) is 20.8. The summed E-state index contributed by atoms with van der Waals surface area (Å²) in [7, 11) is 3.34. The fourth-order valence-corrected chi connectivity index (χ4v) is 3.42. The number of morpholine rings is 1. The number of hydrogen-bond acceptors (Lipinski definition) is 7. The Kier molecular flexibility index (Phi) is 6.20. The van der Waals surface area contributed by atoms with Crippen LogP contribution in [-0.2, 0) is 4.74 Å². The van der Waals surface area contributed by atoms with Crippen LogP contribution in [0, 0.1) is 0 Å². The standard InChI is InChI=1S/C23H26N4O3/c1-28-21-9-6-17(15-20(21)26-23-5-3-4-10-24-23)25-19-8-7-18(16-22(19)29-2)27-11-13-30-14-12-27/h3-10,15-16,25H,11-14H2,1-2H3,(H,24,26). The summed E-state index contributed by atoms with van der Waals surface area (Å²) >= 11 is 0. The predicted molar refractivity (Wildman–Crippen MR) is 120 cm³/mol. The van der Waals surface area contributed by atoms with Crippen molar-refractivity contribution >= 4 is 28.6 Å². The minimum Gasteiger partial charge on any atom is -0.495 e. The van der Waals surface area contributed by atoms with Gasteiger partial charge in [-0.15, -0.1) is 0 Å². The molecule has 2 aromatic carbocycles. The van der Waals surface area contributed by atoms with Crippen LogP contribution in [0.2, 0.25) is 0 Å². The number of nitrogens with one attached hydrogen (secondary N) is 2. The number of methoxy groups -OCH3 is 2. The topological polar surface area (TPSA) is 67.9 Å². The van der Waals surface area contributed by atoms with E-state index in [1.54, 1.807) is 20.4 Å². The quantitative estimate of drug-likeness (QED) is 0.602. The molecule has 1 fully saturated rings. The van der Waals surface area contributed by atoms with E-state index in [9.17, 15) is 0 Å². The molecule has 7 heteroatoms. The highest BCUT2D eigenvalue weighted by atomic mass is 16.5. The minimum absolute atomic E-state index is 0.737. The molecule has 30 heavy (non-hydrogen) atoms. The van der Waals surface area contributed by atoms with E-state index in [2.05, 4.69) is 32.7 Å². The fraction of sp³-hybridized carbons (Fsp3) is 0.261. The van der Waals surface area contributed by atoms with E-state index in [4.69, 9.17) is 14.2 Å². The molecule has 0 aliphatic carbocycles. The van der Waals surface area contributed by atoms with Gasteiger partial charge in [-0.1, -0.05) is 6.07 Å². The highest BCUT2D eigenvalue weighted by Gasteiger charge is 2.14. The lowest BCUT2D eigenvalue weighted by Gasteiger charge is -2.29. The normalized spacial score (nSPS) is 13.6. The second-order valence-electron chi connectivity index (χ2n) is 6.86. The third kappa shape index (κ3) is 4.58. The molecule has 1 aliphatic heterocycles. The van der Waals surface area contributed by atoms with Gasteiger partial charge in [0.15, 0.2) is 0 Å². The smallest absolute Gasteiger partial charge is 0.144 e. The molecule has 1 aliphatic rings. The summed E-state index contributed by atoms with van der Waals surface area (Å²) < 4.78 is 16.6. The van der Waals surface area contributed by atoms with Crippen molar-refractivity contribution < 1.29 is 14.2 Å². The van der Waals surface area contributed by atoms with Gasteiger partial charge in [-0.25, -0.2) is 4.98 Å². The van der Waals surface area contributed by atoms with E-state index in [-0.39, 0.29) is 0 Å². The van der Waals surface area contributed by atoms with Gasteiger partial charge in [0.1, 0.15) is 17.3 Å². The van der Waals surface area contributed by atoms with Gasteiger partial charge in [0.25, 0.3) is 0 Å². The molecule has 3 aromatic rings. The Labute approximate surface area is 176 Å². The van der Waals surface area contributed by atoms with Gasteiger partial charge in [-0.05, 0) is 42.5 Å². The average molecular weight is 406 g/mol. The summed E-state index contributed by atoms with van der Waals surface area (Å²) in [6.45, 7) is 3.27. The minimum atomic E-state index is 0.737. The molecule has 0 amide bonds.